The summed E-state index contributed by atoms with van der Waals surface area (Å²) in [4.78, 5) is 13.6. The second kappa shape index (κ2) is 4.20. The normalized spacial score (nSPS) is 19.5. The molecule has 1 aliphatic heterocycles. The Balaban J connectivity index is 2.27. The van der Waals surface area contributed by atoms with E-state index in [1.165, 1.54) is 0 Å². The highest BCUT2D eigenvalue weighted by atomic mass is 16.3. The Kier molecular flexibility index (Phi) is 2.90. The Morgan fingerprint density at radius 1 is 1.62 bits per heavy atom. The zero-order valence-electron chi connectivity index (χ0n) is 9.99. The van der Waals surface area contributed by atoms with Crippen LogP contribution < -0.4 is 10.2 Å². The maximum Gasteiger partial charge on any atom is 0.224 e. The van der Waals surface area contributed by atoms with Gasteiger partial charge in [0, 0.05) is 13.5 Å². The predicted octanol–water partition coefficient (Wildman–Crippen LogP) is 2.47. The van der Waals surface area contributed by atoms with Gasteiger partial charge in [0.15, 0.2) is 0 Å². The minimum atomic E-state index is 0.0785. The van der Waals surface area contributed by atoms with Gasteiger partial charge in [-0.3, -0.25) is 4.79 Å². The molecule has 1 unspecified atom stereocenters. The SMILES string of the molecule is CC(=O)N1c2cocc2NCC1CC(C)C. The van der Waals surface area contributed by atoms with Gasteiger partial charge >= 0.3 is 0 Å². The van der Waals surface area contributed by atoms with Crippen LogP contribution in [0.4, 0.5) is 11.4 Å². The molecule has 1 atom stereocenters. The van der Waals surface area contributed by atoms with E-state index >= 15 is 0 Å². The van der Waals surface area contributed by atoms with E-state index in [9.17, 15) is 4.79 Å². The molecule has 0 saturated carbocycles. The summed E-state index contributed by atoms with van der Waals surface area (Å²) in [6, 6.07) is 0.225. The largest absolute Gasteiger partial charge is 0.468 e. The van der Waals surface area contributed by atoms with Crippen molar-refractivity contribution in [3.8, 4) is 0 Å². The van der Waals surface area contributed by atoms with E-state index in [1.54, 1.807) is 19.5 Å². The minimum Gasteiger partial charge on any atom is -0.468 e. The maximum absolute atomic E-state index is 11.7. The quantitative estimate of drug-likeness (QED) is 0.836. The number of nitrogens with zero attached hydrogens (tertiary/aromatic N) is 1. The third-order valence-electron chi connectivity index (χ3n) is 2.88. The Hall–Kier alpha value is -1.45. The Morgan fingerprint density at radius 3 is 3.00 bits per heavy atom. The molecule has 88 valence electrons. The summed E-state index contributed by atoms with van der Waals surface area (Å²) in [6.45, 7) is 6.74. The van der Waals surface area contributed by atoms with Crippen LogP contribution in [-0.4, -0.2) is 18.5 Å². The van der Waals surface area contributed by atoms with E-state index in [0.29, 0.717) is 5.92 Å². The summed E-state index contributed by atoms with van der Waals surface area (Å²) in [5, 5.41) is 3.30. The first kappa shape index (κ1) is 11.0. The number of furan rings is 1. The first-order chi connectivity index (χ1) is 7.59. The summed E-state index contributed by atoms with van der Waals surface area (Å²) < 4.78 is 5.14. The van der Waals surface area contributed by atoms with E-state index in [1.807, 2.05) is 4.90 Å². The van der Waals surface area contributed by atoms with Crippen molar-refractivity contribution in [3.05, 3.63) is 12.5 Å². The van der Waals surface area contributed by atoms with Gasteiger partial charge in [0.25, 0.3) is 0 Å². The third-order valence-corrected chi connectivity index (χ3v) is 2.88. The molecule has 1 aliphatic rings. The van der Waals surface area contributed by atoms with Crippen LogP contribution in [0.1, 0.15) is 27.2 Å². The molecule has 1 N–H and O–H groups in total. The van der Waals surface area contributed by atoms with Crippen LogP contribution in [0.3, 0.4) is 0 Å². The molecule has 0 spiro atoms. The van der Waals surface area contributed by atoms with Gasteiger partial charge in [-0.2, -0.15) is 0 Å². The second-order valence-corrected chi connectivity index (χ2v) is 4.72. The lowest BCUT2D eigenvalue weighted by Crippen LogP contribution is -2.46. The first-order valence-corrected chi connectivity index (χ1v) is 5.69. The second-order valence-electron chi connectivity index (χ2n) is 4.72. The molecular weight excluding hydrogens is 204 g/mol. The van der Waals surface area contributed by atoms with Crippen LogP contribution in [0.5, 0.6) is 0 Å². The molecule has 0 radical (unpaired) electrons. The molecule has 16 heavy (non-hydrogen) atoms. The molecule has 0 aromatic carbocycles. The van der Waals surface area contributed by atoms with Gasteiger partial charge in [0.05, 0.1) is 11.7 Å². The van der Waals surface area contributed by atoms with Crippen molar-refractivity contribution < 1.29 is 9.21 Å². The fourth-order valence-electron chi connectivity index (χ4n) is 2.28. The number of carbonyl (C=O) groups excluding carboxylic acids is 1. The molecule has 0 fully saturated rings. The van der Waals surface area contributed by atoms with Gasteiger partial charge < -0.3 is 14.6 Å². The van der Waals surface area contributed by atoms with Crippen molar-refractivity contribution in [3.63, 3.8) is 0 Å². The first-order valence-electron chi connectivity index (χ1n) is 5.69. The van der Waals surface area contributed by atoms with Crippen molar-refractivity contribution >= 4 is 17.3 Å². The fraction of sp³-hybridized carbons (Fsp3) is 0.583. The number of nitrogens with one attached hydrogen (secondary N) is 1. The van der Waals surface area contributed by atoms with E-state index < -0.39 is 0 Å². The third kappa shape index (κ3) is 1.92. The Labute approximate surface area is 95.6 Å². The van der Waals surface area contributed by atoms with Crippen LogP contribution in [0.25, 0.3) is 0 Å². The lowest BCUT2D eigenvalue weighted by atomic mass is 10.00. The maximum atomic E-state index is 11.7. The van der Waals surface area contributed by atoms with Gasteiger partial charge in [0.1, 0.15) is 18.2 Å². The van der Waals surface area contributed by atoms with E-state index in [2.05, 4.69) is 19.2 Å². The number of anilines is 2. The number of carbonyl (C=O) groups is 1. The zero-order valence-corrected chi connectivity index (χ0v) is 9.99. The van der Waals surface area contributed by atoms with Gasteiger partial charge in [-0.15, -0.1) is 0 Å². The van der Waals surface area contributed by atoms with Crippen LogP contribution in [0.2, 0.25) is 0 Å². The standard InChI is InChI=1S/C12H18N2O2/c1-8(2)4-10-5-13-11-6-16-7-12(11)14(10)9(3)15/h6-8,10,13H,4-5H2,1-3H3. The van der Waals surface area contributed by atoms with E-state index in [4.69, 9.17) is 4.42 Å². The Bertz CT molecular complexity index is 384. The number of fused-ring (bicyclic) bond motifs is 1. The van der Waals surface area contributed by atoms with Crippen LogP contribution >= 0.6 is 0 Å². The molecule has 1 aromatic rings. The molecule has 4 heteroatoms. The lowest BCUT2D eigenvalue weighted by Gasteiger charge is -2.36. The van der Waals surface area contributed by atoms with Crippen LogP contribution in [0.15, 0.2) is 16.9 Å². The Morgan fingerprint density at radius 2 is 2.38 bits per heavy atom. The minimum absolute atomic E-state index is 0.0785. The van der Waals surface area contributed by atoms with Crippen molar-refractivity contribution in [1.29, 1.82) is 0 Å². The molecule has 1 amide bonds. The molecular formula is C12H18N2O2. The highest BCUT2D eigenvalue weighted by Gasteiger charge is 2.30. The molecule has 0 bridgehead atoms. The zero-order chi connectivity index (χ0) is 11.7. The van der Waals surface area contributed by atoms with Crippen LogP contribution in [0, 0.1) is 5.92 Å². The van der Waals surface area contributed by atoms with Gasteiger partial charge in [-0.25, -0.2) is 0 Å². The average Bonchev–Trinajstić information content (AvgIpc) is 2.63. The van der Waals surface area contributed by atoms with Gasteiger partial charge in [0.2, 0.25) is 5.91 Å². The summed E-state index contributed by atoms with van der Waals surface area (Å²) in [7, 11) is 0. The molecule has 0 saturated heterocycles. The van der Waals surface area contributed by atoms with Gasteiger partial charge in [-0.1, -0.05) is 13.8 Å². The van der Waals surface area contributed by atoms with Crippen molar-refractivity contribution in [2.75, 3.05) is 16.8 Å². The monoisotopic (exact) mass is 222 g/mol. The summed E-state index contributed by atoms with van der Waals surface area (Å²) in [5.74, 6) is 0.650. The molecule has 2 heterocycles. The summed E-state index contributed by atoms with van der Waals surface area (Å²) in [6.07, 6.45) is 4.28. The van der Waals surface area contributed by atoms with Crippen molar-refractivity contribution in [2.24, 2.45) is 5.92 Å². The molecule has 0 aliphatic carbocycles. The van der Waals surface area contributed by atoms with E-state index in [-0.39, 0.29) is 11.9 Å². The average molecular weight is 222 g/mol. The van der Waals surface area contributed by atoms with Crippen molar-refractivity contribution in [2.45, 2.75) is 33.2 Å². The smallest absolute Gasteiger partial charge is 0.224 e. The number of hydrogen-bond donors (Lipinski definition) is 1. The fourth-order valence-corrected chi connectivity index (χ4v) is 2.28. The number of amides is 1. The molecule has 2 rings (SSSR count). The van der Waals surface area contributed by atoms with Crippen molar-refractivity contribution in [1.82, 2.24) is 0 Å². The number of rotatable bonds is 2. The molecule has 1 aromatic heterocycles. The van der Waals surface area contributed by atoms with Gasteiger partial charge in [-0.05, 0) is 12.3 Å². The predicted molar refractivity (Wildman–Crippen MR) is 63.6 cm³/mol. The topological polar surface area (TPSA) is 45.5 Å². The lowest BCUT2D eigenvalue weighted by molar-refractivity contribution is -0.117. The number of hydrogen-bond acceptors (Lipinski definition) is 3. The van der Waals surface area contributed by atoms with Crippen LogP contribution in [-0.2, 0) is 4.79 Å². The summed E-state index contributed by atoms with van der Waals surface area (Å²) in [5.41, 5.74) is 1.78. The summed E-state index contributed by atoms with van der Waals surface area (Å²) >= 11 is 0. The highest BCUT2D eigenvalue weighted by molar-refractivity contribution is 5.96. The van der Waals surface area contributed by atoms with E-state index in [0.717, 1.165) is 24.3 Å². The molecule has 4 nitrogen and oxygen atoms in total. The highest BCUT2D eigenvalue weighted by Crippen LogP contribution is 2.34.